The number of rotatable bonds is 4. The molecule has 0 spiro atoms. The van der Waals surface area contributed by atoms with Crippen LogP contribution in [0.15, 0.2) is 30.3 Å². The summed E-state index contributed by atoms with van der Waals surface area (Å²) in [6.07, 6.45) is 0. The van der Waals surface area contributed by atoms with Gasteiger partial charge in [0, 0.05) is 0 Å². The van der Waals surface area contributed by atoms with E-state index in [2.05, 4.69) is 10.6 Å². The molecule has 99 valence electrons. The predicted molar refractivity (Wildman–Crippen MR) is 70.9 cm³/mol. The predicted octanol–water partition coefficient (Wildman–Crippen LogP) is 1.21. The molecule has 1 rings (SSSR count). The average Bonchev–Trinajstić information content (AvgIpc) is 2.79. The van der Waals surface area contributed by atoms with Crippen molar-refractivity contribution in [3.63, 3.8) is 0 Å². The third-order valence-electron chi connectivity index (χ3n) is 1.45. The molecule has 0 aliphatic heterocycles. The molecule has 0 aliphatic carbocycles. The summed E-state index contributed by atoms with van der Waals surface area (Å²) in [5, 5.41) is 7.94. The molecule has 0 saturated carbocycles. The fourth-order valence-electron chi connectivity index (χ4n) is 0.768. The molecule has 0 heterocycles. The van der Waals surface area contributed by atoms with Crippen molar-refractivity contribution in [2.45, 2.75) is 27.7 Å². The molecule has 1 aromatic carbocycles. The average molecular weight is 296 g/mol. The minimum absolute atomic E-state index is 0. The molecule has 4 heteroatoms. The van der Waals surface area contributed by atoms with Crippen LogP contribution in [0.5, 0.6) is 0 Å². The smallest absolute Gasteiger partial charge is 1.00 e. The SMILES string of the molecule is CC[N-]CC.CC[N-]CC.[Cl-].[V+4].c1cc[cH-]c1. The summed E-state index contributed by atoms with van der Waals surface area (Å²) < 4.78 is 0. The molecule has 0 unspecified atom stereocenters. The minimum atomic E-state index is 0. The maximum Gasteiger partial charge on any atom is 4.00 e. The van der Waals surface area contributed by atoms with E-state index in [1.807, 2.05) is 58.0 Å². The van der Waals surface area contributed by atoms with E-state index in [0.717, 1.165) is 26.2 Å². The van der Waals surface area contributed by atoms with Gasteiger partial charge in [-0.1, -0.05) is 27.7 Å². The molecule has 0 aromatic heterocycles. The Labute approximate surface area is 126 Å². The zero-order valence-corrected chi connectivity index (χ0v) is 13.6. The monoisotopic (exact) mass is 295 g/mol. The van der Waals surface area contributed by atoms with Crippen molar-refractivity contribution in [2.75, 3.05) is 26.2 Å². The van der Waals surface area contributed by atoms with Gasteiger partial charge in [0.1, 0.15) is 0 Å². The van der Waals surface area contributed by atoms with Gasteiger partial charge in [0.05, 0.1) is 0 Å². The first-order chi connectivity index (χ1) is 7.33. The van der Waals surface area contributed by atoms with E-state index in [9.17, 15) is 0 Å². The number of nitrogens with zero attached hydrogens (tertiary/aromatic N) is 2. The maximum absolute atomic E-state index is 3.97. The zero-order valence-electron chi connectivity index (χ0n) is 11.4. The summed E-state index contributed by atoms with van der Waals surface area (Å²) in [7, 11) is 0. The van der Waals surface area contributed by atoms with Gasteiger partial charge in [0.25, 0.3) is 0 Å². The van der Waals surface area contributed by atoms with Gasteiger partial charge < -0.3 is 23.0 Å². The Morgan fingerprint density at radius 1 is 0.765 bits per heavy atom. The number of hydrogen-bond donors (Lipinski definition) is 0. The fourth-order valence-corrected chi connectivity index (χ4v) is 0.768. The van der Waals surface area contributed by atoms with Crippen LogP contribution >= 0.6 is 0 Å². The second kappa shape index (κ2) is 29.8. The van der Waals surface area contributed by atoms with Crippen molar-refractivity contribution in [1.82, 2.24) is 0 Å². The third-order valence-corrected chi connectivity index (χ3v) is 1.45. The van der Waals surface area contributed by atoms with E-state index in [-0.39, 0.29) is 31.0 Å². The van der Waals surface area contributed by atoms with Crippen molar-refractivity contribution in [1.29, 1.82) is 0 Å². The molecule has 0 N–H and O–H groups in total. The van der Waals surface area contributed by atoms with Crippen molar-refractivity contribution >= 4 is 0 Å². The Morgan fingerprint density at radius 2 is 1.06 bits per heavy atom. The largest absolute Gasteiger partial charge is 4.00 e. The molecule has 0 aliphatic rings. The Balaban J connectivity index is -0.0000000704. The Kier molecular flexibility index (Phi) is 45.4. The summed E-state index contributed by atoms with van der Waals surface area (Å²) in [4.78, 5) is 0. The maximum atomic E-state index is 3.97. The molecule has 0 fully saturated rings. The summed E-state index contributed by atoms with van der Waals surface area (Å²) in [5.41, 5.74) is 0. The van der Waals surface area contributed by atoms with Crippen LogP contribution in [0.2, 0.25) is 0 Å². The van der Waals surface area contributed by atoms with Gasteiger partial charge in [-0.05, 0) is 0 Å². The normalized spacial score (nSPS) is 7.29. The molecule has 0 saturated heterocycles. The second-order valence-electron chi connectivity index (χ2n) is 2.67. The Bertz CT molecular complexity index is 131. The van der Waals surface area contributed by atoms with Gasteiger partial charge >= 0.3 is 18.6 Å². The van der Waals surface area contributed by atoms with Crippen LogP contribution in [0, 0.1) is 0 Å². The van der Waals surface area contributed by atoms with Gasteiger partial charge in [-0.3, -0.25) is 0 Å². The minimum Gasteiger partial charge on any atom is -1.00 e. The van der Waals surface area contributed by atoms with Crippen LogP contribution < -0.4 is 12.4 Å². The first-order valence-electron chi connectivity index (χ1n) is 5.76. The molecule has 0 amide bonds. The number of halogens is 1. The van der Waals surface area contributed by atoms with Gasteiger partial charge in [-0.15, -0.1) is 0 Å². The topological polar surface area (TPSA) is 28.2 Å². The van der Waals surface area contributed by atoms with Crippen LogP contribution in [0.3, 0.4) is 0 Å². The Hall–Kier alpha value is 0.144. The molecule has 1 aromatic rings. The molecule has 17 heavy (non-hydrogen) atoms. The fraction of sp³-hybridized carbons (Fsp3) is 0.615. The van der Waals surface area contributed by atoms with Gasteiger partial charge in [-0.2, -0.15) is 44.4 Å². The third kappa shape index (κ3) is 38.6. The van der Waals surface area contributed by atoms with Gasteiger partial charge in [0.15, 0.2) is 0 Å². The summed E-state index contributed by atoms with van der Waals surface area (Å²) in [6.45, 7) is 12.1. The van der Waals surface area contributed by atoms with E-state index < -0.39 is 0 Å². The van der Waals surface area contributed by atoms with E-state index in [1.165, 1.54) is 0 Å². The summed E-state index contributed by atoms with van der Waals surface area (Å²) in [6, 6.07) is 10.0. The Morgan fingerprint density at radius 3 is 1.12 bits per heavy atom. The van der Waals surface area contributed by atoms with E-state index in [1.54, 1.807) is 0 Å². The molecule has 0 bridgehead atoms. The van der Waals surface area contributed by atoms with Crippen LogP contribution in [0.4, 0.5) is 0 Å². The summed E-state index contributed by atoms with van der Waals surface area (Å²) >= 11 is 0. The molecule has 0 atom stereocenters. The van der Waals surface area contributed by atoms with E-state index in [4.69, 9.17) is 0 Å². The van der Waals surface area contributed by atoms with Crippen molar-refractivity contribution < 1.29 is 31.0 Å². The van der Waals surface area contributed by atoms with Gasteiger partial charge in [-0.25, -0.2) is 12.1 Å². The molecular weight excluding hydrogens is 271 g/mol. The van der Waals surface area contributed by atoms with Crippen LogP contribution in [-0.2, 0) is 18.6 Å². The van der Waals surface area contributed by atoms with E-state index >= 15 is 0 Å². The zero-order chi connectivity index (χ0) is 11.8. The molecular formula is C13H25ClN2V. The van der Waals surface area contributed by atoms with Crippen molar-refractivity contribution in [3.05, 3.63) is 41.0 Å². The molecule has 2 nitrogen and oxygen atoms in total. The first-order valence-corrected chi connectivity index (χ1v) is 5.76. The van der Waals surface area contributed by atoms with Crippen LogP contribution in [0.1, 0.15) is 27.7 Å². The van der Waals surface area contributed by atoms with Crippen LogP contribution in [0.25, 0.3) is 10.6 Å². The first kappa shape index (κ1) is 25.9. The summed E-state index contributed by atoms with van der Waals surface area (Å²) in [5.74, 6) is 0. The van der Waals surface area contributed by atoms with Gasteiger partial charge in [0.2, 0.25) is 0 Å². The standard InChI is InChI=1S/C5H5.2C4H10N.ClH.V/c1-2-4-5-3-1;2*1-3-5-4-2;;/h1-5H;2*3-4H2,1-2H3;1H;/q3*-1;;+4/p-1. The molecule has 1 radical (unpaired) electrons. The quantitative estimate of drug-likeness (QED) is 0.747. The van der Waals surface area contributed by atoms with Crippen molar-refractivity contribution in [2.24, 2.45) is 0 Å². The number of hydrogen-bond acceptors (Lipinski definition) is 0. The second-order valence-corrected chi connectivity index (χ2v) is 2.67. The van der Waals surface area contributed by atoms with E-state index in [0.29, 0.717) is 0 Å². The van der Waals surface area contributed by atoms with Crippen LogP contribution in [-0.4, -0.2) is 26.2 Å². The van der Waals surface area contributed by atoms with Crippen molar-refractivity contribution in [3.8, 4) is 0 Å².